The molecule has 0 N–H and O–H groups in total. The van der Waals surface area contributed by atoms with Crippen molar-refractivity contribution < 1.29 is 0 Å². The highest BCUT2D eigenvalue weighted by atomic mass is 14.9. The van der Waals surface area contributed by atoms with E-state index in [1.54, 1.807) is 0 Å². The third-order valence-corrected chi connectivity index (χ3v) is 1.30. The lowest BCUT2D eigenvalue weighted by molar-refractivity contribution is 1.45. The summed E-state index contributed by atoms with van der Waals surface area (Å²) in [6.45, 7) is 5.99. The molecule has 0 amide bonds. The Kier molecular flexibility index (Phi) is 5.35. The largest absolute Gasteiger partial charge is 0.479 e. The van der Waals surface area contributed by atoms with Crippen LogP contribution >= 0.6 is 0 Å². The van der Waals surface area contributed by atoms with Gasteiger partial charge in [0.15, 0.2) is 0 Å². The lowest BCUT2D eigenvalue weighted by Gasteiger charge is -2.13. The molecular weight excluding hydrogens is 144 g/mol. The molecule has 12 heavy (non-hydrogen) atoms. The van der Waals surface area contributed by atoms with Gasteiger partial charge in [0.2, 0.25) is 16.0 Å². The smallest absolute Gasteiger partial charge is 0.209 e. The first-order valence-electron chi connectivity index (χ1n) is 4.06. The molecule has 0 aliphatic carbocycles. The fourth-order valence-electron chi connectivity index (χ4n) is 0.789. The zero-order chi connectivity index (χ0) is 9.56. The van der Waals surface area contributed by atoms with Gasteiger partial charge in [-0.2, -0.15) is 0 Å². The van der Waals surface area contributed by atoms with Crippen molar-refractivity contribution in [2.24, 2.45) is 0 Å². The summed E-state index contributed by atoms with van der Waals surface area (Å²) in [6.07, 6.45) is 0. The first kappa shape index (κ1) is 11.1. The molecule has 0 aliphatic heterocycles. The van der Waals surface area contributed by atoms with E-state index in [9.17, 15) is 0 Å². The molecule has 0 aliphatic rings. The van der Waals surface area contributed by atoms with Gasteiger partial charge in [-0.05, 0) is 24.6 Å². The van der Waals surface area contributed by atoms with Gasteiger partial charge in [0.25, 0.3) is 0 Å². The van der Waals surface area contributed by atoms with Gasteiger partial charge in [-0.25, -0.2) is 0 Å². The monoisotopic (exact) mass is 157 g/mol. The average Bonchev–Trinajstić information content (AvgIpc) is 2.08. The van der Waals surface area contributed by atoms with Gasteiger partial charge >= 0.3 is 0 Å². The normalized spacial score (nSPS) is 8.25. The fourth-order valence-corrected chi connectivity index (χ4v) is 0.789. The average molecular weight is 157 g/mol. The molecule has 0 aromatic heterocycles. The summed E-state index contributed by atoms with van der Waals surface area (Å²) < 4.78 is 1.10. The minimum atomic E-state index is 0.819. The third-order valence-electron chi connectivity index (χ3n) is 1.30. The maximum atomic E-state index is 5.29. The second-order valence-corrected chi connectivity index (χ2v) is 2.25. The highest BCUT2D eigenvalue weighted by molar-refractivity contribution is 6.41. The van der Waals surface area contributed by atoms with Gasteiger partial charge < -0.3 is 4.72 Å². The van der Waals surface area contributed by atoms with Crippen LogP contribution in [-0.4, -0.2) is 16.0 Å². The van der Waals surface area contributed by atoms with Crippen LogP contribution < -0.4 is 4.72 Å². The van der Waals surface area contributed by atoms with Crippen LogP contribution in [0.3, 0.4) is 0 Å². The van der Waals surface area contributed by atoms with Gasteiger partial charge in [-0.3, -0.25) is 0 Å². The van der Waals surface area contributed by atoms with E-state index in [0.29, 0.717) is 0 Å². The Hall–Kier alpha value is -0.850. The molecule has 0 unspecified atom stereocenters. The quantitative estimate of drug-likeness (QED) is 0.563. The van der Waals surface area contributed by atoms with Gasteiger partial charge in [0.05, 0.1) is 0 Å². The molecule has 0 saturated heterocycles. The standard InChI is InChI=1S/C7H7B2N.C2H6/c1-6-3-2-4-7(5-6)10(8)9;1-2/h2-5H,1H3;1-2H3. The van der Waals surface area contributed by atoms with E-state index >= 15 is 0 Å². The lowest BCUT2D eigenvalue weighted by Crippen LogP contribution is -2.13. The van der Waals surface area contributed by atoms with Gasteiger partial charge in [-0.15, -0.1) is 0 Å². The van der Waals surface area contributed by atoms with Crippen molar-refractivity contribution in [1.82, 2.24) is 0 Å². The fraction of sp³-hybridized carbons (Fsp3) is 0.333. The minimum Gasteiger partial charge on any atom is -0.479 e. The van der Waals surface area contributed by atoms with Crippen LogP contribution in [0.25, 0.3) is 0 Å². The summed E-state index contributed by atoms with van der Waals surface area (Å²) in [5.41, 5.74) is 1.97. The Balaban J connectivity index is 0.000000561. The Morgan fingerprint density at radius 1 is 1.17 bits per heavy atom. The molecular formula is C9H13B2N. The summed E-state index contributed by atoms with van der Waals surface area (Å²) >= 11 is 0. The van der Waals surface area contributed by atoms with Crippen LogP contribution in [0.2, 0.25) is 0 Å². The molecule has 1 nitrogen and oxygen atoms in total. The number of hydrogen-bond donors (Lipinski definition) is 0. The Bertz CT molecular complexity index is 224. The van der Waals surface area contributed by atoms with Gasteiger partial charge in [-0.1, -0.05) is 26.0 Å². The third kappa shape index (κ3) is 3.51. The zero-order valence-corrected chi connectivity index (χ0v) is 7.91. The van der Waals surface area contributed by atoms with Gasteiger partial charge in [0.1, 0.15) is 0 Å². The topological polar surface area (TPSA) is 3.24 Å². The Labute approximate surface area is 77.6 Å². The van der Waals surface area contributed by atoms with E-state index in [2.05, 4.69) is 0 Å². The van der Waals surface area contributed by atoms with Crippen LogP contribution in [0.5, 0.6) is 0 Å². The maximum absolute atomic E-state index is 5.29. The van der Waals surface area contributed by atoms with Crippen LogP contribution in [0.15, 0.2) is 24.3 Å². The molecule has 0 fully saturated rings. The summed E-state index contributed by atoms with van der Waals surface area (Å²) in [4.78, 5) is 0. The molecule has 4 radical (unpaired) electrons. The van der Waals surface area contributed by atoms with Crippen molar-refractivity contribution in [3.8, 4) is 0 Å². The summed E-state index contributed by atoms with van der Waals surface area (Å²) in [7, 11) is 10.6. The Morgan fingerprint density at radius 2 is 1.75 bits per heavy atom. The molecule has 0 heterocycles. The molecule has 60 valence electrons. The number of rotatable bonds is 1. The van der Waals surface area contributed by atoms with Crippen LogP contribution in [-0.2, 0) is 0 Å². The van der Waals surface area contributed by atoms with Crippen molar-refractivity contribution in [3.63, 3.8) is 0 Å². The van der Waals surface area contributed by atoms with E-state index in [1.165, 1.54) is 0 Å². The molecule has 0 spiro atoms. The molecule has 0 saturated carbocycles. The van der Waals surface area contributed by atoms with E-state index in [4.69, 9.17) is 16.0 Å². The number of aryl methyl sites for hydroxylation is 1. The second-order valence-electron chi connectivity index (χ2n) is 2.25. The molecule has 1 aromatic rings. The molecule has 0 bridgehead atoms. The van der Waals surface area contributed by atoms with Crippen LogP contribution in [0, 0.1) is 6.92 Å². The predicted octanol–water partition coefficient (Wildman–Crippen LogP) is 1.99. The molecule has 1 rings (SSSR count). The molecule has 1 aromatic carbocycles. The molecule has 0 atom stereocenters. The highest BCUT2D eigenvalue weighted by Gasteiger charge is 1.91. The van der Waals surface area contributed by atoms with Crippen LogP contribution in [0.4, 0.5) is 5.69 Å². The highest BCUT2D eigenvalue weighted by Crippen LogP contribution is 2.10. The molecule has 3 heteroatoms. The van der Waals surface area contributed by atoms with E-state index < -0.39 is 0 Å². The van der Waals surface area contributed by atoms with E-state index in [-0.39, 0.29) is 0 Å². The van der Waals surface area contributed by atoms with Crippen molar-refractivity contribution in [3.05, 3.63) is 29.8 Å². The predicted molar refractivity (Wildman–Crippen MR) is 56.5 cm³/mol. The summed E-state index contributed by atoms with van der Waals surface area (Å²) in [5.74, 6) is 0. The van der Waals surface area contributed by atoms with Crippen LogP contribution in [0.1, 0.15) is 19.4 Å². The second kappa shape index (κ2) is 5.76. The summed E-state index contributed by atoms with van der Waals surface area (Å²) in [5, 5.41) is 0. The number of hydrogen-bond acceptors (Lipinski definition) is 1. The van der Waals surface area contributed by atoms with Crippen molar-refractivity contribution in [2.75, 3.05) is 4.72 Å². The first-order chi connectivity index (χ1) is 5.70. The number of nitrogens with zero attached hydrogens (tertiary/aromatic N) is 1. The maximum Gasteiger partial charge on any atom is 0.209 e. The zero-order valence-electron chi connectivity index (χ0n) is 7.91. The number of benzene rings is 1. The summed E-state index contributed by atoms with van der Waals surface area (Å²) in [6, 6.07) is 7.68. The van der Waals surface area contributed by atoms with Gasteiger partial charge in [0, 0.05) is 5.69 Å². The number of anilines is 1. The first-order valence-corrected chi connectivity index (χ1v) is 4.06. The lowest BCUT2D eigenvalue weighted by atomic mass is 10.1. The minimum absolute atomic E-state index is 0.819. The van der Waals surface area contributed by atoms with Crippen molar-refractivity contribution >= 4 is 21.6 Å². The Morgan fingerprint density at radius 3 is 2.08 bits per heavy atom. The van der Waals surface area contributed by atoms with Crippen molar-refractivity contribution in [1.29, 1.82) is 0 Å². The van der Waals surface area contributed by atoms with E-state index in [1.807, 2.05) is 45.0 Å². The SMILES string of the molecule is CC.[B]N([B])c1cccc(C)c1. The van der Waals surface area contributed by atoms with E-state index in [0.717, 1.165) is 16.0 Å². The van der Waals surface area contributed by atoms with Crippen molar-refractivity contribution in [2.45, 2.75) is 20.8 Å².